The fourth-order valence-corrected chi connectivity index (χ4v) is 2.83. The van der Waals surface area contributed by atoms with Gasteiger partial charge in [-0.25, -0.2) is 0 Å². The molecular formula is C14H14BrN3. The molecule has 1 aliphatic heterocycles. The SMILES string of the molecule is Brc1cncc2[nH]cc(C#CC3CCNCC3)c12. The molecule has 1 fully saturated rings. The molecule has 0 amide bonds. The minimum atomic E-state index is 0.525. The van der Waals surface area contributed by atoms with Crippen LogP contribution in [0.4, 0.5) is 0 Å². The molecule has 2 aromatic rings. The first-order valence-electron chi connectivity index (χ1n) is 6.17. The summed E-state index contributed by atoms with van der Waals surface area (Å²) in [4.78, 5) is 7.35. The maximum absolute atomic E-state index is 4.14. The van der Waals surface area contributed by atoms with Crippen molar-refractivity contribution in [2.24, 2.45) is 5.92 Å². The number of aromatic amines is 1. The number of nitrogens with one attached hydrogen (secondary N) is 2. The quantitative estimate of drug-likeness (QED) is 0.735. The summed E-state index contributed by atoms with van der Waals surface area (Å²) in [5.41, 5.74) is 2.08. The maximum Gasteiger partial charge on any atom is 0.0664 e. The number of fused-ring (bicyclic) bond motifs is 1. The summed E-state index contributed by atoms with van der Waals surface area (Å²) in [6.07, 6.45) is 7.91. The van der Waals surface area contributed by atoms with Crippen LogP contribution in [-0.4, -0.2) is 23.1 Å². The number of H-pyrrole nitrogens is 1. The Kier molecular flexibility index (Phi) is 3.35. The highest BCUT2D eigenvalue weighted by atomic mass is 79.9. The zero-order chi connectivity index (χ0) is 12.4. The zero-order valence-electron chi connectivity index (χ0n) is 9.96. The number of aromatic nitrogens is 2. The first-order valence-corrected chi connectivity index (χ1v) is 6.97. The van der Waals surface area contributed by atoms with Crippen LogP contribution in [0, 0.1) is 17.8 Å². The molecule has 3 heterocycles. The molecule has 2 N–H and O–H groups in total. The Labute approximate surface area is 115 Å². The topological polar surface area (TPSA) is 40.7 Å². The second kappa shape index (κ2) is 5.13. The summed E-state index contributed by atoms with van der Waals surface area (Å²) < 4.78 is 0.996. The number of pyridine rings is 1. The molecule has 92 valence electrons. The van der Waals surface area contributed by atoms with E-state index in [1.165, 1.54) is 0 Å². The summed E-state index contributed by atoms with van der Waals surface area (Å²) in [7, 11) is 0. The Hall–Kier alpha value is -1.31. The van der Waals surface area contributed by atoms with E-state index < -0.39 is 0 Å². The van der Waals surface area contributed by atoms with Gasteiger partial charge < -0.3 is 10.3 Å². The number of rotatable bonds is 0. The van der Waals surface area contributed by atoms with Gasteiger partial charge in [0.05, 0.1) is 17.3 Å². The van der Waals surface area contributed by atoms with Crippen molar-refractivity contribution >= 4 is 26.8 Å². The van der Waals surface area contributed by atoms with Gasteiger partial charge in [0.2, 0.25) is 0 Å². The van der Waals surface area contributed by atoms with E-state index in [2.05, 4.69) is 43.1 Å². The summed E-state index contributed by atoms with van der Waals surface area (Å²) in [5, 5.41) is 4.49. The predicted molar refractivity (Wildman–Crippen MR) is 76.3 cm³/mol. The molecular weight excluding hydrogens is 290 g/mol. The molecule has 0 unspecified atom stereocenters. The van der Waals surface area contributed by atoms with Crippen LogP contribution in [0.5, 0.6) is 0 Å². The van der Waals surface area contributed by atoms with Crippen LogP contribution in [0.1, 0.15) is 18.4 Å². The maximum atomic E-state index is 4.14. The molecule has 0 radical (unpaired) electrons. The van der Waals surface area contributed by atoms with E-state index >= 15 is 0 Å². The third-order valence-corrected chi connectivity index (χ3v) is 3.89. The fraction of sp³-hybridized carbons (Fsp3) is 0.357. The largest absolute Gasteiger partial charge is 0.359 e. The summed E-state index contributed by atoms with van der Waals surface area (Å²) in [5.74, 6) is 7.23. The van der Waals surface area contributed by atoms with E-state index in [1.54, 1.807) is 0 Å². The van der Waals surface area contributed by atoms with Crippen molar-refractivity contribution in [3.8, 4) is 11.8 Å². The van der Waals surface area contributed by atoms with Gasteiger partial charge in [0, 0.05) is 28.2 Å². The highest BCUT2D eigenvalue weighted by Gasteiger charge is 2.10. The first kappa shape index (κ1) is 11.8. The molecule has 2 aromatic heterocycles. The molecule has 3 nitrogen and oxygen atoms in total. The Morgan fingerprint density at radius 1 is 1.28 bits per heavy atom. The van der Waals surface area contributed by atoms with Crippen LogP contribution in [0.3, 0.4) is 0 Å². The summed E-state index contributed by atoms with van der Waals surface area (Å²) in [6.45, 7) is 2.17. The standard InChI is InChI=1S/C14H14BrN3/c15-12-8-17-9-13-14(12)11(7-18-13)2-1-10-3-5-16-6-4-10/h7-10,16,18H,3-6H2. The van der Waals surface area contributed by atoms with Crippen molar-refractivity contribution in [1.29, 1.82) is 0 Å². The lowest BCUT2D eigenvalue weighted by Gasteiger charge is -2.17. The minimum absolute atomic E-state index is 0.525. The summed E-state index contributed by atoms with van der Waals surface area (Å²) in [6, 6.07) is 0. The molecule has 0 spiro atoms. The molecule has 0 saturated carbocycles. The Bertz CT molecular complexity index is 615. The lowest BCUT2D eigenvalue weighted by Crippen LogP contribution is -2.26. The Morgan fingerprint density at radius 2 is 2.11 bits per heavy atom. The van der Waals surface area contributed by atoms with Crippen LogP contribution in [0.15, 0.2) is 23.1 Å². The van der Waals surface area contributed by atoms with Crippen LogP contribution in [0.2, 0.25) is 0 Å². The van der Waals surface area contributed by atoms with Crippen molar-refractivity contribution in [3.63, 3.8) is 0 Å². The molecule has 0 bridgehead atoms. The van der Waals surface area contributed by atoms with Gasteiger partial charge in [0.25, 0.3) is 0 Å². The smallest absolute Gasteiger partial charge is 0.0664 e. The molecule has 0 aliphatic carbocycles. The molecule has 0 atom stereocenters. The number of halogens is 1. The highest BCUT2D eigenvalue weighted by molar-refractivity contribution is 9.10. The Morgan fingerprint density at radius 3 is 2.94 bits per heavy atom. The van der Waals surface area contributed by atoms with Crippen LogP contribution < -0.4 is 5.32 Å². The highest BCUT2D eigenvalue weighted by Crippen LogP contribution is 2.25. The third-order valence-electron chi connectivity index (χ3n) is 3.29. The second-order valence-electron chi connectivity index (χ2n) is 4.54. The van der Waals surface area contributed by atoms with E-state index in [1.807, 2.05) is 18.6 Å². The van der Waals surface area contributed by atoms with E-state index in [4.69, 9.17) is 0 Å². The fourth-order valence-electron chi connectivity index (χ4n) is 2.28. The second-order valence-corrected chi connectivity index (χ2v) is 5.39. The van der Waals surface area contributed by atoms with E-state index in [0.717, 1.165) is 46.9 Å². The van der Waals surface area contributed by atoms with Crippen LogP contribution in [0.25, 0.3) is 10.9 Å². The van der Waals surface area contributed by atoms with Crippen molar-refractivity contribution < 1.29 is 0 Å². The van der Waals surface area contributed by atoms with Crippen molar-refractivity contribution in [2.75, 3.05) is 13.1 Å². The number of piperidine rings is 1. The van der Waals surface area contributed by atoms with Crippen molar-refractivity contribution in [1.82, 2.24) is 15.3 Å². The van der Waals surface area contributed by atoms with Gasteiger partial charge in [-0.15, -0.1) is 0 Å². The van der Waals surface area contributed by atoms with Crippen molar-refractivity contribution in [2.45, 2.75) is 12.8 Å². The minimum Gasteiger partial charge on any atom is -0.359 e. The van der Waals surface area contributed by atoms with Crippen molar-refractivity contribution in [3.05, 3.63) is 28.6 Å². The van der Waals surface area contributed by atoms with Gasteiger partial charge in [0.1, 0.15) is 0 Å². The monoisotopic (exact) mass is 303 g/mol. The lowest BCUT2D eigenvalue weighted by molar-refractivity contribution is 0.447. The van der Waals surface area contributed by atoms with Crippen LogP contribution >= 0.6 is 15.9 Å². The molecule has 1 aliphatic rings. The number of hydrogen-bond donors (Lipinski definition) is 2. The van der Waals surface area contributed by atoms with E-state index in [0.29, 0.717) is 5.92 Å². The first-order chi connectivity index (χ1) is 8.84. The van der Waals surface area contributed by atoms with Gasteiger partial charge >= 0.3 is 0 Å². The number of hydrogen-bond acceptors (Lipinski definition) is 2. The van der Waals surface area contributed by atoms with Gasteiger partial charge in [-0.1, -0.05) is 11.8 Å². The molecule has 18 heavy (non-hydrogen) atoms. The average Bonchev–Trinajstić information content (AvgIpc) is 2.82. The van der Waals surface area contributed by atoms with Gasteiger partial charge in [0.15, 0.2) is 0 Å². The number of nitrogens with zero attached hydrogens (tertiary/aromatic N) is 1. The Balaban J connectivity index is 1.93. The summed E-state index contributed by atoms with van der Waals surface area (Å²) >= 11 is 3.53. The van der Waals surface area contributed by atoms with Gasteiger partial charge in [-0.3, -0.25) is 4.98 Å². The lowest BCUT2D eigenvalue weighted by atomic mass is 9.98. The third kappa shape index (κ3) is 2.29. The van der Waals surface area contributed by atoms with E-state index in [9.17, 15) is 0 Å². The van der Waals surface area contributed by atoms with Crippen LogP contribution in [-0.2, 0) is 0 Å². The normalized spacial score (nSPS) is 16.5. The molecule has 4 heteroatoms. The van der Waals surface area contributed by atoms with E-state index in [-0.39, 0.29) is 0 Å². The molecule has 0 aromatic carbocycles. The van der Waals surface area contributed by atoms with Gasteiger partial charge in [-0.05, 0) is 41.9 Å². The average molecular weight is 304 g/mol. The predicted octanol–water partition coefficient (Wildman–Crippen LogP) is 2.68. The molecule has 1 saturated heterocycles. The zero-order valence-corrected chi connectivity index (χ0v) is 11.5. The molecule has 3 rings (SSSR count). The van der Waals surface area contributed by atoms with Gasteiger partial charge in [-0.2, -0.15) is 0 Å².